The molecule has 3 aliphatic rings. The van der Waals surface area contributed by atoms with Crippen LogP contribution >= 0.6 is 23.4 Å². The number of carbonyl (C=O) groups is 1. The van der Waals surface area contributed by atoms with Crippen LogP contribution in [0.2, 0.25) is 5.02 Å². The van der Waals surface area contributed by atoms with Crippen LogP contribution in [0.25, 0.3) is 6.08 Å². The number of aliphatic imine (C=N–C) groups is 1. The molecule has 0 bridgehead atoms. The molecule has 1 aliphatic carbocycles. The summed E-state index contributed by atoms with van der Waals surface area (Å²) in [6.45, 7) is 0. The van der Waals surface area contributed by atoms with Gasteiger partial charge >= 0.3 is 0 Å². The van der Waals surface area contributed by atoms with Crippen LogP contribution in [-0.4, -0.2) is 27.0 Å². The summed E-state index contributed by atoms with van der Waals surface area (Å²) in [6, 6.07) is 7.14. The first-order valence-electron chi connectivity index (χ1n) is 9.35. The normalized spacial score (nSPS) is 22.1. The second-order valence-electron chi connectivity index (χ2n) is 7.11. The number of hydrazone groups is 1. The molecule has 1 saturated carbocycles. The highest BCUT2D eigenvalue weighted by Crippen LogP contribution is 2.33. The first kappa shape index (κ1) is 18.4. The number of benzene rings is 1. The number of hydrogen-bond donors (Lipinski definition) is 1. The van der Waals surface area contributed by atoms with Crippen molar-refractivity contribution in [2.45, 2.75) is 44.9 Å². The molecule has 0 spiro atoms. The highest BCUT2D eigenvalue weighted by molar-refractivity contribution is 8.26. The largest absolute Gasteiger partial charge is 0.283 e. The highest BCUT2D eigenvalue weighted by atomic mass is 35.5. The van der Waals surface area contributed by atoms with E-state index in [1.165, 1.54) is 48.9 Å². The van der Waals surface area contributed by atoms with E-state index < -0.39 is 5.91 Å². The van der Waals surface area contributed by atoms with Crippen molar-refractivity contribution in [3.8, 4) is 0 Å². The predicted molar refractivity (Wildman–Crippen MR) is 112 cm³/mol. The van der Waals surface area contributed by atoms with E-state index in [1.54, 1.807) is 18.2 Å². The number of fused-ring (bicyclic) bond motifs is 1. The lowest BCUT2D eigenvalue weighted by Gasteiger charge is -2.20. The van der Waals surface area contributed by atoms with E-state index in [9.17, 15) is 4.79 Å². The summed E-state index contributed by atoms with van der Waals surface area (Å²) in [4.78, 5) is 16.6. The Morgan fingerprint density at radius 1 is 1.22 bits per heavy atom. The van der Waals surface area contributed by atoms with Crippen LogP contribution in [0.15, 0.2) is 39.9 Å². The van der Waals surface area contributed by atoms with Gasteiger partial charge in [0.25, 0.3) is 5.91 Å². The van der Waals surface area contributed by atoms with Crippen molar-refractivity contribution in [3.05, 3.63) is 40.4 Å². The summed E-state index contributed by atoms with van der Waals surface area (Å²) in [5.74, 6) is 0.473. The Balaban J connectivity index is 1.48. The fourth-order valence-electron chi connectivity index (χ4n) is 3.66. The van der Waals surface area contributed by atoms with Crippen molar-refractivity contribution in [2.24, 2.45) is 16.0 Å². The first-order chi connectivity index (χ1) is 13.1. The molecule has 5 nitrogen and oxygen atoms in total. The van der Waals surface area contributed by atoms with Gasteiger partial charge in [0.1, 0.15) is 5.04 Å². The fraction of sp³-hybridized carbons (Fsp3) is 0.400. The van der Waals surface area contributed by atoms with Crippen LogP contribution in [0.5, 0.6) is 0 Å². The van der Waals surface area contributed by atoms with Gasteiger partial charge in [0.15, 0.2) is 5.84 Å². The van der Waals surface area contributed by atoms with Gasteiger partial charge in [0.2, 0.25) is 5.17 Å². The van der Waals surface area contributed by atoms with Crippen molar-refractivity contribution < 1.29 is 4.79 Å². The number of rotatable bonds is 4. The lowest BCUT2D eigenvalue weighted by molar-refractivity contribution is -0.114. The number of nitrogens with zero attached hydrogens (tertiary/aromatic N) is 3. The second kappa shape index (κ2) is 7.98. The Morgan fingerprint density at radius 3 is 2.70 bits per heavy atom. The number of hydrogen-bond acceptors (Lipinski definition) is 4. The maximum Gasteiger partial charge on any atom is 0.283 e. The maximum absolute atomic E-state index is 12.4. The Morgan fingerprint density at radius 2 is 1.96 bits per heavy atom. The van der Waals surface area contributed by atoms with Crippen LogP contribution in [-0.2, 0) is 4.79 Å². The molecule has 0 aromatic heterocycles. The number of nitrogens with one attached hydrogen (secondary N) is 1. The Hall–Kier alpha value is -1.92. The van der Waals surface area contributed by atoms with Crippen molar-refractivity contribution in [3.63, 3.8) is 0 Å². The van der Waals surface area contributed by atoms with Gasteiger partial charge in [-0.2, -0.15) is 15.1 Å². The van der Waals surface area contributed by atoms with E-state index in [1.807, 2.05) is 12.1 Å². The zero-order valence-corrected chi connectivity index (χ0v) is 16.5. The van der Waals surface area contributed by atoms with Crippen LogP contribution in [0, 0.1) is 11.3 Å². The second-order valence-corrected chi connectivity index (χ2v) is 8.58. The molecule has 0 unspecified atom stereocenters. The van der Waals surface area contributed by atoms with Gasteiger partial charge in [0, 0.05) is 5.02 Å². The highest BCUT2D eigenvalue weighted by Gasteiger charge is 2.35. The molecule has 2 aliphatic heterocycles. The molecule has 7 heteroatoms. The third-order valence-electron chi connectivity index (χ3n) is 5.17. The molecule has 0 saturated heterocycles. The quantitative estimate of drug-likeness (QED) is 0.695. The van der Waals surface area contributed by atoms with Crippen molar-refractivity contribution in [1.82, 2.24) is 5.01 Å². The third-order valence-corrected chi connectivity index (χ3v) is 6.39. The predicted octanol–water partition coefficient (Wildman–Crippen LogP) is 5.32. The monoisotopic (exact) mass is 400 g/mol. The van der Waals surface area contributed by atoms with Crippen molar-refractivity contribution in [2.75, 3.05) is 0 Å². The van der Waals surface area contributed by atoms with Gasteiger partial charge in [-0.05, 0) is 54.3 Å². The average Bonchev–Trinajstić information content (AvgIpc) is 3.09. The van der Waals surface area contributed by atoms with E-state index >= 15 is 0 Å². The molecule has 0 atom stereocenters. The van der Waals surface area contributed by atoms with Crippen LogP contribution in [0.1, 0.15) is 50.5 Å². The van der Waals surface area contributed by atoms with Gasteiger partial charge in [-0.1, -0.05) is 55.8 Å². The summed E-state index contributed by atoms with van der Waals surface area (Å²) < 4.78 is 0. The van der Waals surface area contributed by atoms with Gasteiger partial charge in [-0.25, -0.2) is 0 Å². The van der Waals surface area contributed by atoms with Crippen LogP contribution in [0.3, 0.4) is 0 Å². The van der Waals surface area contributed by atoms with Crippen molar-refractivity contribution in [1.29, 1.82) is 5.41 Å². The molecule has 1 fully saturated rings. The third kappa shape index (κ3) is 4.17. The van der Waals surface area contributed by atoms with Crippen LogP contribution in [0.4, 0.5) is 0 Å². The zero-order valence-electron chi connectivity index (χ0n) is 14.9. The van der Waals surface area contributed by atoms with Crippen molar-refractivity contribution >= 4 is 51.4 Å². The van der Waals surface area contributed by atoms with Gasteiger partial charge < -0.3 is 0 Å². The maximum atomic E-state index is 12.4. The summed E-state index contributed by atoms with van der Waals surface area (Å²) in [5, 5.41) is 16.5. The van der Waals surface area contributed by atoms with Crippen LogP contribution < -0.4 is 0 Å². The number of carbonyl (C=O) groups excluding carboxylic acids is 1. The topological polar surface area (TPSA) is 68.9 Å². The van der Waals surface area contributed by atoms with E-state index in [2.05, 4.69) is 10.1 Å². The minimum Gasteiger partial charge on any atom is -0.282 e. The summed E-state index contributed by atoms with van der Waals surface area (Å²) >= 11 is 7.33. The number of halogens is 1. The summed E-state index contributed by atoms with van der Waals surface area (Å²) in [5.41, 5.74) is 1.05. The molecule has 1 aromatic carbocycles. The van der Waals surface area contributed by atoms with Gasteiger partial charge in [0.05, 0.1) is 5.57 Å². The Labute approximate surface area is 168 Å². The molecule has 0 radical (unpaired) electrons. The van der Waals surface area contributed by atoms with E-state index in [0.717, 1.165) is 29.4 Å². The number of thioether (sulfide) groups is 1. The smallest absolute Gasteiger partial charge is 0.282 e. The van der Waals surface area contributed by atoms with Gasteiger partial charge in [-0.15, -0.1) is 0 Å². The van der Waals surface area contributed by atoms with Gasteiger partial charge in [-0.3, -0.25) is 10.2 Å². The molecule has 140 valence electrons. The van der Waals surface area contributed by atoms with E-state index in [-0.39, 0.29) is 11.4 Å². The average molecular weight is 401 g/mol. The lowest BCUT2D eigenvalue weighted by atomic mass is 9.86. The van der Waals surface area contributed by atoms with E-state index in [4.69, 9.17) is 17.0 Å². The molecule has 1 aromatic rings. The number of amidine groups is 2. The summed E-state index contributed by atoms with van der Waals surface area (Å²) in [7, 11) is 0. The minimum absolute atomic E-state index is 0.0834. The lowest BCUT2D eigenvalue weighted by Crippen LogP contribution is -2.35. The number of amides is 1. The zero-order chi connectivity index (χ0) is 18.8. The molecular formula is C20H21ClN4OS. The molecule has 4 rings (SSSR count). The minimum atomic E-state index is -0.391. The first-order valence-corrected chi connectivity index (χ1v) is 10.5. The molecule has 27 heavy (non-hydrogen) atoms. The fourth-order valence-corrected chi connectivity index (χ4v) is 4.69. The molecule has 1 N–H and O–H groups in total. The standard InChI is InChI=1S/C20H21ClN4OS/c21-15-9-6-14(7-10-15)12-16-18(22)25-20(23-19(16)26)27-17(24-25)11-8-13-4-2-1-3-5-13/h6-7,9-10,12-13,22H,1-5,8,11H2/b16-12+,22-18?. The molecular weight excluding hydrogens is 380 g/mol. The molecule has 2 heterocycles. The SMILES string of the molecule is N=C1/C(=C\c2ccc(Cl)cc2)C(=O)N=C2SC(CCC3CCCCC3)=NN12. The Bertz CT molecular complexity index is 853. The molecule has 1 amide bonds. The summed E-state index contributed by atoms with van der Waals surface area (Å²) in [6.07, 6.45) is 10.3. The van der Waals surface area contributed by atoms with E-state index in [0.29, 0.717) is 10.2 Å². The Kier molecular flexibility index (Phi) is 5.45.